The second-order valence-electron chi connectivity index (χ2n) is 6.90. The van der Waals surface area contributed by atoms with Crippen LogP contribution in [0, 0.1) is 0 Å². The zero-order chi connectivity index (χ0) is 18.8. The molecule has 0 saturated carbocycles. The van der Waals surface area contributed by atoms with E-state index in [0.29, 0.717) is 16.8 Å². The van der Waals surface area contributed by atoms with Gasteiger partial charge in [-0.05, 0) is 43.3 Å². The lowest BCUT2D eigenvalue weighted by Crippen LogP contribution is -2.48. The lowest BCUT2D eigenvalue weighted by Gasteiger charge is -2.34. The fourth-order valence-electron chi connectivity index (χ4n) is 3.57. The number of piperazine rings is 1. The van der Waals surface area contributed by atoms with Crippen LogP contribution in [0.5, 0.6) is 0 Å². The highest BCUT2D eigenvalue weighted by atomic mass is 32.2. The van der Waals surface area contributed by atoms with E-state index in [9.17, 15) is 9.59 Å². The third kappa shape index (κ3) is 3.73. The molecule has 5 nitrogen and oxygen atoms in total. The first-order valence-electron chi connectivity index (χ1n) is 9.39. The van der Waals surface area contributed by atoms with Crippen LogP contribution in [-0.2, 0) is 0 Å². The van der Waals surface area contributed by atoms with E-state index < -0.39 is 0 Å². The highest BCUT2D eigenvalue weighted by molar-refractivity contribution is 7.99. The van der Waals surface area contributed by atoms with Crippen LogP contribution in [0.15, 0.2) is 52.3 Å². The Morgan fingerprint density at radius 3 is 2.63 bits per heavy atom. The predicted octanol–water partition coefficient (Wildman–Crippen LogP) is 3.57. The van der Waals surface area contributed by atoms with Crippen LogP contribution in [0.3, 0.4) is 0 Å². The number of amides is 2. The summed E-state index contributed by atoms with van der Waals surface area (Å²) >= 11 is 1.55. The first-order chi connectivity index (χ1) is 13.2. The topological polar surface area (TPSA) is 52.6 Å². The van der Waals surface area contributed by atoms with Gasteiger partial charge < -0.3 is 10.2 Å². The van der Waals surface area contributed by atoms with Gasteiger partial charge in [0.25, 0.3) is 11.8 Å². The van der Waals surface area contributed by atoms with Crippen molar-refractivity contribution in [2.75, 3.05) is 38.0 Å². The van der Waals surface area contributed by atoms with E-state index in [1.54, 1.807) is 11.8 Å². The Labute approximate surface area is 163 Å². The summed E-state index contributed by atoms with van der Waals surface area (Å²) in [5.41, 5.74) is 2.00. The quantitative estimate of drug-likeness (QED) is 0.883. The smallest absolute Gasteiger partial charge is 0.256 e. The van der Waals surface area contributed by atoms with E-state index in [0.717, 1.165) is 48.9 Å². The highest BCUT2D eigenvalue weighted by Gasteiger charge is 2.24. The Hall–Kier alpha value is -2.31. The zero-order valence-corrected chi connectivity index (χ0v) is 16.2. The highest BCUT2D eigenvalue weighted by Crippen LogP contribution is 2.39. The molecule has 27 heavy (non-hydrogen) atoms. The molecule has 0 aromatic heterocycles. The largest absolute Gasteiger partial charge is 0.336 e. The van der Waals surface area contributed by atoms with Gasteiger partial charge >= 0.3 is 0 Å². The maximum Gasteiger partial charge on any atom is 0.256 e. The van der Waals surface area contributed by atoms with Gasteiger partial charge in [0.15, 0.2) is 0 Å². The molecule has 2 heterocycles. The molecule has 0 unspecified atom stereocenters. The Bertz CT molecular complexity index is 875. The van der Waals surface area contributed by atoms with E-state index in [1.807, 2.05) is 47.4 Å². The minimum Gasteiger partial charge on any atom is -0.336 e. The summed E-state index contributed by atoms with van der Waals surface area (Å²) in [6.45, 7) is 6.62. The summed E-state index contributed by atoms with van der Waals surface area (Å²) in [5.74, 6) is -0.0930. The molecule has 4 rings (SSSR count). The molecule has 1 saturated heterocycles. The van der Waals surface area contributed by atoms with E-state index in [1.165, 1.54) is 0 Å². The number of anilines is 1. The van der Waals surface area contributed by atoms with Crippen LogP contribution in [0.4, 0.5) is 5.69 Å². The van der Waals surface area contributed by atoms with Crippen molar-refractivity contribution >= 4 is 29.3 Å². The molecule has 2 amide bonds. The van der Waals surface area contributed by atoms with Crippen LogP contribution in [-0.4, -0.2) is 54.3 Å². The number of hydrogen-bond donors (Lipinski definition) is 1. The maximum atomic E-state index is 12.9. The van der Waals surface area contributed by atoms with Gasteiger partial charge in [-0.3, -0.25) is 14.5 Å². The van der Waals surface area contributed by atoms with Crippen LogP contribution in [0.1, 0.15) is 34.1 Å². The number of fused-ring (bicyclic) bond motifs is 2. The molecule has 2 aromatic carbocycles. The normalized spacial score (nSPS) is 16.9. The van der Waals surface area contributed by atoms with Gasteiger partial charge in [0, 0.05) is 41.5 Å². The minimum atomic E-state index is -0.130. The maximum absolute atomic E-state index is 12.9. The Kier molecular flexibility index (Phi) is 5.18. The average Bonchev–Trinajstić information content (AvgIpc) is 2.83. The lowest BCUT2D eigenvalue weighted by atomic mass is 10.1. The molecule has 2 aliphatic heterocycles. The van der Waals surface area contributed by atoms with Crippen molar-refractivity contribution in [1.82, 2.24) is 9.80 Å². The molecule has 0 spiro atoms. The number of hydrogen-bond acceptors (Lipinski definition) is 4. The van der Waals surface area contributed by atoms with Crippen molar-refractivity contribution < 1.29 is 9.59 Å². The number of carbonyl (C=O) groups excluding carboxylic acids is 2. The van der Waals surface area contributed by atoms with E-state index in [4.69, 9.17) is 0 Å². The number of carbonyl (C=O) groups is 2. The molecule has 0 aliphatic carbocycles. The van der Waals surface area contributed by atoms with Gasteiger partial charge in [0.1, 0.15) is 0 Å². The SMILES string of the molecule is CCCN1CCN(C(=O)c2ccc3c(c2)NC(=O)c2ccccc2S3)CC1. The monoisotopic (exact) mass is 381 g/mol. The second kappa shape index (κ2) is 7.74. The van der Waals surface area contributed by atoms with Crippen LogP contribution >= 0.6 is 11.8 Å². The molecule has 0 bridgehead atoms. The summed E-state index contributed by atoms with van der Waals surface area (Å²) in [4.78, 5) is 31.6. The van der Waals surface area contributed by atoms with Crippen molar-refractivity contribution in [3.63, 3.8) is 0 Å². The Morgan fingerprint density at radius 1 is 1.07 bits per heavy atom. The minimum absolute atomic E-state index is 0.0370. The Balaban J connectivity index is 1.53. The number of benzene rings is 2. The van der Waals surface area contributed by atoms with Crippen molar-refractivity contribution in [2.45, 2.75) is 23.1 Å². The standard InChI is InChI=1S/C21H23N3O2S/c1-2-9-23-10-12-24(13-11-23)21(26)15-7-8-19-17(14-15)22-20(25)16-5-3-4-6-18(16)27-19/h3-8,14H,2,9-13H2,1H3,(H,22,25). The number of nitrogens with zero attached hydrogens (tertiary/aromatic N) is 2. The predicted molar refractivity (Wildman–Crippen MR) is 108 cm³/mol. The summed E-state index contributed by atoms with van der Waals surface area (Å²) in [6.07, 6.45) is 1.14. The first kappa shape index (κ1) is 18.1. The third-order valence-corrected chi connectivity index (χ3v) is 6.18. The fraction of sp³-hybridized carbons (Fsp3) is 0.333. The molecule has 2 aliphatic rings. The summed E-state index contributed by atoms with van der Waals surface area (Å²) in [5, 5.41) is 2.96. The molecule has 6 heteroatoms. The van der Waals surface area contributed by atoms with Gasteiger partial charge in [-0.1, -0.05) is 30.8 Å². The van der Waals surface area contributed by atoms with Gasteiger partial charge in [0.2, 0.25) is 0 Å². The van der Waals surface area contributed by atoms with Gasteiger partial charge in [-0.15, -0.1) is 0 Å². The molecule has 0 atom stereocenters. The van der Waals surface area contributed by atoms with Crippen LogP contribution < -0.4 is 5.32 Å². The second-order valence-corrected chi connectivity index (χ2v) is 7.98. The van der Waals surface area contributed by atoms with E-state index in [2.05, 4.69) is 17.1 Å². The first-order valence-corrected chi connectivity index (χ1v) is 10.2. The molecule has 1 fully saturated rings. The van der Waals surface area contributed by atoms with Crippen LogP contribution in [0.2, 0.25) is 0 Å². The van der Waals surface area contributed by atoms with Gasteiger partial charge in [0.05, 0.1) is 11.3 Å². The van der Waals surface area contributed by atoms with Gasteiger partial charge in [-0.25, -0.2) is 0 Å². The summed E-state index contributed by atoms with van der Waals surface area (Å²) < 4.78 is 0. The van der Waals surface area contributed by atoms with Crippen molar-refractivity contribution in [2.24, 2.45) is 0 Å². The molecule has 2 aromatic rings. The van der Waals surface area contributed by atoms with Crippen molar-refractivity contribution in [3.05, 3.63) is 53.6 Å². The third-order valence-electron chi connectivity index (χ3n) is 5.03. The molecular weight excluding hydrogens is 358 g/mol. The summed E-state index contributed by atoms with van der Waals surface area (Å²) in [7, 11) is 0. The zero-order valence-electron chi connectivity index (χ0n) is 15.4. The van der Waals surface area contributed by atoms with Crippen LogP contribution in [0.25, 0.3) is 0 Å². The molecule has 140 valence electrons. The lowest BCUT2D eigenvalue weighted by molar-refractivity contribution is 0.0637. The summed E-state index contributed by atoms with van der Waals surface area (Å²) in [6, 6.07) is 13.2. The number of rotatable bonds is 3. The van der Waals surface area contributed by atoms with E-state index >= 15 is 0 Å². The Morgan fingerprint density at radius 2 is 1.85 bits per heavy atom. The fourth-order valence-corrected chi connectivity index (χ4v) is 4.58. The van der Waals surface area contributed by atoms with Crippen molar-refractivity contribution in [1.29, 1.82) is 0 Å². The number of nitrogens with one attached hydrogen (secondary N) is 1. The molecule has 0 radical (unpaired) electrons. The van der Waals surface area contributed by atoms with Gasteiger partial charge in [-0.2, -0.15) is 0 Å². The molecule has 1 N–H and O–H groups in total. The average molecular weight is 382 g/mol. The molecular formula is C21H23N3O2S. The van der Waals surface area contributed by atoms with Crippen molar-refractivity contribution in [3.8, 4) is 0 Å². The van der Waals surface area contributed by atoms with E-state index in [-0.39, 0.29) is 11.8 Å².